The molecule has 6 heteroatoms. The summed E-state index contributed by atoms with van der Waals surface area (Å²) in [7, 11) is 1.43. The summed E-state index contributed by atoms with van der Waals surface area (Å²) in [6.07, 6.45) is 4.18. The average molecular weight is 334 g/mol. The van der Waals surface area contributed by atoms with Gasteiger partial charge in [-0.3, -0.25) is 4.79 Å². The summed E-state index contributed by atoms with van der Waals surface area (Å²) >= 11 is 9.25. The second-order valence-corrected chi connectivity index (χ2v) is 5.65. The Bertz CT molecular complexity index is 456. The first-order chi connectivity index (χ1) is 8.60. The zero-order valence-electron chi connectivity index (χ0n) is 9.95. The van der Waals surface area contributed by atoms with Gasteiger partial charge < -0.3 is 10.1 Å². The van der Waals surface area contributed by atoms with Gasteiger partial charge in [-0.15, -0.1) is 0 Å². The van der Waals surface area contributed by atoms with Crippen molar-refractivity contribution < 1.29 is 9.53 Å². The normalized spacial score (nSPS) is 22.8. The minimum Gasteiger partial charge on any atom is -0.469 e. The predicted molar refractivity (Wildman–Crippen MR) is 73.7 cm³/mol. The van der Waals surface area contributed by atoms with E-state index in [0.29, 0.717) is 5.02 Å². The molecule has 0 aliphatic heterocycles. The lowest BCUT2D eigenvalue weighted by Crippen LogP contribution is -2.19. The summed E-state index contributed by atoms with van der Waals surface area (Å²) in [6.45, 7) is 0. The lowest BCUT2D eigenvalue weighted by molar-refractivity contribution is -0.145. The number of rotatable bonds is 3. The van der Waals surface area contributed by atoms with Crippen molar-refractivity contribution >= 4 is 39.3 Å². The predicted octanol–water partition coefficient (Wildman–Crippen LogP) is 3.25. The van der Waals surface area contributed by atoms with Crippen LogP contribution in [0.25, 0.3) is 0 Å². The molecule has 0 unspecified atom stereocenters. The number of pyridine rings is 1. The van der Waals surface area contributed by atoms with Gasteiger partial charge in [-0.2, -0.15) is 0 Å². The molecule has 18 heavy (non-hydrogen) atoms. The van der Waals surface area contributed by atoms with Crippen LogP contribution in [-0.2, 0) is 9.53 Å². The molecule has 1 fully saturated rings. The fourth-order valence-electron chi connectivity index (χ4n) is 2.21. The molecule has 0 spiro atoms. The van der Waals surface area contributed by atoms with E-state index in [0.717, 1.165) is 29.6 Å². The van der Waals surface area contributed by atoms with Crippen LogP contribution in [0.3, 0.4) is 0 Å². The summed E-state index contributed by atoms with van der Waals surface area (Å²) in [5, 5.41) is 3.91. The molecule has 1 saturated carbocycles. The Morgan fingerprint density at radius 3 is 3.06 bits per heavy atom. The molecule has 0 bridgehead atoms. The number of esters is 1. The van der Waals surface area contributed by atoms with Crippen LogP contribution in [0, 0.1) is 5.92 Å². The molecule has 1 aromatic rings. The molecular formula is C12H14BrClN2O2. The first kappa shape index (κ1) is 13.6. The number of carbonyl (C=O) groups excluding carboxylic acids is 1. The molecule has 0 radical (unpaired) electrons. The third-order valence-electron chi connectivity index (χ3n) is 3.12. The van der Waals surface area contributed by atoms with E-state index >= 15 is 0 Å². The molecule has 1 aromatic heterocycles. The van der Waals surface area contributed by atoms with Crippen LogP contribution in [0.2, 0.25) is 5.02 Å². The second-order valence-electron chi connectivity index (χ2n) is 4.36. The Balaban J connectivity index is 1.97. The summed E-state index contributed by atoms with van der Waals surface area (Å²) < 4.78 is 5.59. The van der Waals surface area contributed by atoms with Crippen molar-refractivity contribution in [1.82, 2.24) is 4.98 Å². The smallest absolute Gasteiger partial charge is 0.308 e. The molecule has 4 nitrogen and oxygen atoms in total. The van der Waals surface area contributed by atoms with Crippen molar-refractivity contribution in [3.63, 3.8) is 0 Å². The Hall–Kier alpha value is -0.810. The van der Waals surface area contributed by atoms with Crippen LogP contribution < -0.4 is 5.32 Å². The van der Waals surface area contributed by atoms with Gasteiger partial charge in [0, 0.05) is 12.2 Å². The van der Waals surface area contributed by atoms with Crippen LogP contribution in [-0.4, -0.2) is 24.1 Å². The topological polar surface area (TPSA) is 51.2 Å². The monoisotopic (exact) mass is 332 g/mol. The molecule has 2 atom stereocenters. The van der Waals surface area contributed by atoms with Crippen LogP contribution in [0.15, 0.2) is 16.7 Å². The van der Waals surface area contributed by atoms with Gasteiger partial charge in [0.05, 0.1) is 22.5 Å². The summed E-state index contributed by atoms with van der Waals surface area (Å²) in [6, 6.07) is 2.04. The molecule has 0 amide bonds. The van der Waals surface area contributed by atoms with Crippen molar-refractivity contribution in [2.24, 2.45) is 5.92 Å². The summed E-state index contributed by atoms with van der Waals surface area (Å²) in [5.41, 5.74) is 0. The van der Waals surface area contributed by atoms with Crippen molar-refractivity contribution in [3.8, 4) is 0 Å². The highest BCUT2D eigenvalue weighted by molar-refractivity contribution is 9.10. The fourth-order valence-corrected chi connectivity index (χ4v) is 2.96. The molecule has 0 saturated heterocycles. The van der Waals surface area contributed by atoms with Gasteiger partial charge >= 0.3 is 5.97 Å². The molecular weight excluding hydrogens is 320 g/mol. The zero-order valence-corrected chi connectivity index (χ0v) is 12.3. The lowest BCUT2D eigenvalue weighted by Gasteiger charge is -2.14. The highest BCUT2D eigenvalue weighted by Gasteiger charge is 2.30. The van der Waals surface area contributed by atoms with E-state index in [-0.39, 0.29) is 17.9 Å². The molecule has 1 N–H and O–H groups in total. The quantitative estimate of drug-likeness (QED) is 0.863. The third kappa shape index (κ3) is 3.14. The van der Waals surface area contributed by atoms with Gasteiger partial charge in [0.15, 0.2) is 0 Å². The van der Waals surface area contributed by atoms with E-state index < -0.39 is 0 Å². The third-order valence-corrected chi connectivity index (χ3v) is 3.93. The minimum absolute atomic E-state index is 0.00132. The van der Waals surface area contributed by atoms with Crippen LogP contribution >= 0.6 is 27.5 Å². The van der Waals surface area contributed by atoms with Crippen molar-refractivity contribution in [2.45, 2.75) is 25.3 Å². The first-order valence-electron chi connectivity index (χ1n) is 5.75. The number of methoxy groups -OCH3 is 1. The summed E-state index contributed by atoms with van der Waals surface area (Å²) in [5.74, 6) is 0.635. The second kappa shape index (κ2) is 5.89. The van der Waals surface area contributed by atoms with Crippen LogP contribution in [0.4, 0.5) is 5.82 Å². The minimum atomic E-state index is -0.123. The van der Waals surface area contributed by atoms with Gasteiger partial charge in [-0.1, -0.05) is 11.6 Å². The van der Waals surface area contributed by atoms with Crippen LogP contribution in [0.1, 0.15) is 19.3 Å². The summed E-state index contributed by atoms with van der Waals surface area (Å²) in [4.78, 5) is 15.7. The van der Waals surface area contributed by atoms with E-state index in [9.17, 15) is 4.79 Å². The number of ether oxygens (including phenoxy) is 1. The number of nitrogens with zero attached hydrogens (tertiary/aromatic N) is 1. The molecule has 0 aromatic carbocycles. The Labute approximate surface area is 119 Å². The Morgan fingerprint density at radius 2 is 2.39 bits per heavy atom. The average Bonchev–Trinajstić information content (AvgIpc) is 2.80. The largest absolute Gasteiger partial charge is 0.469 e. The number of halogens is 2. The number of anilines is 1. The van der Waals surface area contributed by atoms with Gasteiger partial charge in [-0.25, -0.2) is 4.98 Å². The fraction of sp³-hybridized carbons (Fsp3) is 0.500. The van der Waals surface area contributed by atoms with Crippen LogP contribution in [0.5, 0.6) is 0 Å². The van der Waals surface area contributed by atoms with E-state index in [1.54, 1.807) is 12.3 Å². The molecule has 1 heterocycles. The van der Waals surface area contributed by atoms with Gasteiger partial charge in [0.1, 0.15) is 5.82 Å². The number of carbonyl (C=O) groups is 1. The van der Waals surface area contributed by atoms with Gasteiger partial charge in [0.25, 0.3) is 0 Å². The van der Waals surface area contributed by atoms with Crippen molar-refractivity contribution in [2.75, 3.05) is 12.4 Å². The highest BCUT2D eigenvalue weighted by atomic mass is 79.9. The molecule has 1 aliphatic carbocycles. The molecule has 1 aliphatic rings. The maximum atomic E-state index is 11.4. The maximum absolute atomic E-state index is 11.4. The SMILES string of the molecule is COC(=O)[C@H]1CC[C@@H](Nc2ncc(Cl)cc2Br)C1. The molecule has 98 valence electrons. The van der Waals surface area contributed by atoms with E-state index in [1.807, 2.05) is 0 Å². The van der Waals surface area contributed by atoms with Crippen molar-refractivity contribution in [3.05, 3.63) is 21.8 Å². The van der Waals surface area contributed by atoms with E-state index in [1.165, 1.54) is 7.11 Å². The Kier molecular flexibility index (Phi) is 4.45. The number of hydrogen-bond donors (Lipinski definition) is 1. The number of aromatic nitrogens is 1. The van der Waals surface area contributed by atoms with Gasteiger partial charge in [0.2, 0.25) is 0 Å². The van der Waals surface area contributed by atoms with Gasteiger partial charge in [-0.05, 0) is 41.3 Å². The first-order valence-corrected chi connectivity index (χ1v) is 6.92. The Morgan fingerprint density at radius 1 is 1.61 bits per heavy atom. The van der Waals surface area contributed by atoms with E-state index in [4.69, 9.17) is 16.3 Å². The number of nitrogens with one attached hydrogen (secondary N) is 1. The van der Waals surface area contributed by atoms with E-state index in [2.05, 4.69) is 26.2 Å². The molecule has 2 rings (SSSR count). The highest BCUT2D eigenvalue weighted by Crippen LogP contribution is 2.31. The van der Waals surface area contributed by atoms with Crippen molar-refractivity contribution in [1.29, 1.82) is 0 Å². The zero-order chi connectivity index (χ0) is 13.1. The maximum Gasteiger partial charge on any atom is 0.308 e. The standard InChI is InChI=1S/C12H14BrClN2O2/c1-18-12(17)7-2-3-9(4-7)16-11-10(13)5-8(14)6-15-11/h5-7,9H,2-4H2,1H3,(H,15,16)/t7-,9+/m0/s1. The lowest BCUT2D eigenvalue weighted by atomic mass is 10.1. The number of hydrogen-bond acceptors (Lipinski definition) is 4.